The monoisotopic (exact) mass is 432 g/mol. The molecule has 0 amide bonds. The molecule has 0 atom stereocenters. The smallest absolute Gasteiger partial charge is 0.338 e. The summed E-state index contributed by atoms with van der Waals surface area (Å²) in [5.41, 5.74) is 1.69. The van der Waals surface area contributed by atoms with E-state index in [4.69, 9.17) is 4.74 Å². The first kappa shape index (κ1) is 21.0. The maximum atomic E-state index is 13.1. The van der Waals surface area contributed by atoms with E-state index in [1.165, 1.54) is 23.0 Å². The van der Waals surface area contributed by atoms with Crippen molar-refractivity contribution in [1.82, 2.24) is 18.9 Å². The number of carbonyl (C=O) groups is 1. The molecule has 0 spiro atoms. The summed E-state index contributed by atoms with van der Waals surface area (Å²) in [7, 11) is -2.64. The van der Waals surface area contributed by atoms with Gasteiger partial charge >= 0.3 is 5.97 Å². The highest BCUT2D eigenvalue weighted by atomic mass is 32.3. The average molecular weight is 433 g/mol. The molecule has 3 rings (SSSR count). The van der Waals surface area contributed by atoms with E-state index < -0.39 is 16.0 Å². The number of sulfonamides is 1. The lowest BCUT2D eigenvalue weighted by molar-refractivity contribution is 0.0599. The molecular weight excluding hydrogens is 412 g/mol. The van der Waals surface area contributed by atoms with Gasteiger partial charge in [-0.25, -0.2) is 18.2 Å². The molecule has 2 aromatic carbocycles. The molecule has 3 aromatic rings. The van der Waals surface area contributed by atoms with Gasteiger partial charge in [0.1, 0.15) is 0 Å². The molecule has 0 bridgehead atoms. The Morgan fingerprint density at radius 1 is 1.21 bits per heavy atom. The van der Waals surface area contributed by atoms with Crippen LogP contribution in [0.4, 0.5) is 0 Å². The summed E-state index contributed by atoms with van der Waals surface area (Å²) in [5.74, 6) is -0.0402. The van der Waals surface area contributed by atoms with E-state index in [1.807, 2.05) is 30.3 Å². The number of esters is 1. The molecule has 0 radical (unpaired) electrons. The fraction of sp³-hybridized carbons (Fsp3) is 0.211. The summed E-state index contributed by atoms with van der Waals surface area (Å²) >= 11 is 0.906. The lowest BCUT2D eigenvalue weighted by Crippen LogP contribution is -2.25. The van der Waals surface area contributed by atoms with Crippen LogP contribution in [0, 0.1) is 6.92 Å². The molecule has 0 aliphatic rings. The first-order chi connectivity index (χ1) is 13.9. The normalized spacial score (nSPS) is 11.6. The Morgan fingerprint density at radius 3 is 2.59 bits per heavy atom. The molecule has 0 aliphatic heterocycles. The number of hydrogen-bond acceptors (Lipinski definition) is 7. The topological polar surface area (TPSA) is 105 Å². The van der Waals surface area contributed by atoms with Gasteiger partial charge in [0.25, 0.3) is 10.0 Å². The van der Waals surface area contributed by atoms with Crippen molar-refractivity contribution in [1.29, 1.82) is 0 Å². The number of nitrogens with zero attached hydrogens (tertiary/aromatic N) is 3. The number of ether oxygens (including phenoxy) is 1. The van der Waals surface area contributed by atoms with Gasteiger partial charge in [0.05, 0.1) is 17.6 Å². The van der Waals surface area contributed by atoms with Gasteiger partial charge < -0.3 is 4.74 Å². The van der Waals surface area contributed by atoms with Crippen LogP contribution in [0.1, 0.15) is 22.8 Å². The molecule has 0 aliphatic carbocycles. The van der Waals surface area contributed by atoms with Crippen LogP contribution < -0.4 is 0 Å². The number of aromatic amines is 1. The molecule has 152 valence electrons. The van der Waals surface area contributed by atoms with Gasteiger partial charge in [0.2, 0.25) is 5.16 Å². The molecule has 0 unspecified atom stereocenters. The van der Waals surface area contributed by atoms with Crippen LogP contribution in [-0.4, -0.2) is 46.9 Å². The third-order valence-electron chi connectivity index (χ3n) is 4.13. The molecule has 0 saturated carbocycles. The van der Waals surface area contributed by atoms with Crippen LogP contribution >= 0.6 is 11.9 Å². The molecule has 1 N–H and O–H groups in total. The number of rotatable bonds is 7. The van der Waals surface area contributed by atoms with Crippen molar-refractivity contribution in [2.24, 2.45) is 0 Å². The Labute approximate surface area is 173 Å². The Morgan fingerprint density at radius 2 is 1.93 bits per heavy atom. The third-order valence-corrected chi connectivity index (χ3v) is 7.40. The number of H-pyrrole nitrogens is 1. The standard InChI is InChI=1S/C19H20N4O4S2/c1-4-23(28-19-20-17(21-22-19)14-8-6-5-7-9-14)29(25,26)15-11-10-13(2)16(12-15)18(24)27-3/h5-12H,4H2,1-3H3,(H,20,21,22). The molecule has 29 heavy (non-hydrogen) atoms. The van der Waals surface area contributed by atoms with Crippen LogP contribution in [0.25, 0.3) is 11.4 Å². The highest BCUT2D eigenvalue weighted by Crippen LogP contribution is 2.29. The second-order valence-electron chi connectivity index (χ2n) is 6.02. The molecule has 0 saturated heterocycles. The zero-order valence-electron chi connectivity index (χ0n) is 16.1. The minimum absolute atomic E-state index is 0.00308. The lowest BCUT2D eigenvalue weighted by Gasteiger charge is -2.18. The van der Waals surface area contributed by atoms with E-state index in [2.05, 4.69) is 15.2 Å². The van der Waals surface area contributed by atoms with E-state index >= 15 is 0 Å². The van der Waals surface area contributed by atoms with E-state index in [-0.39, 0.29) is 22.2 Å². The Hall–Kier alpha value is -2.69. The molecular formula is C19H20N4O4S2. The van der Waals surface area contributed by atoms with Crippen molar-refractivity contribution in [3.63, 3.8) is 0 Å². The highest BCUT2D eigenvalue weighted by Gasteiger charge is 2.27. The Kier molecular flexibility index (Phi) is 6.36. The fourth-order valence-corrected chi connectivity index (χ4v) is 5.06. The third kappa shape index (κ3) is 4.50. The average Bonchev–Trinajstić information content (AvgIpc) is 3.21. The number of methoxy groups -OCH3 is 1. The largest absolute Gasteiger partial charge is 0.465 e. The summed E-state index contributed by atoms with van der Waals surface area (Å²) in [5, 5.41) is 7.20. The van der Waals surface area contributed by atoms with Crippen molar-refractivity contribution in [3.05, 3.63) is 59.7 Å². The van der Waals surface area contributed by atoms with Gasteiger partial charge in [-0.05, 0) is 24.6 Å². The molecule has 1 heterocycles. The number of carbonyl (C=O) groups excluding carboxylic acids is 1. The van der Waals surface area contributed by atoms with Gasteiger partial charge in [-0.1, -0.05) is 43.3 Å². The van der Waals surface area contributed by atoms with Crippen LogP contribution in [0.5, 0.6) is 0 Å². The number of benzene rings is 2. The molecule has 10 heteroatoms. The van der Waals surface area contributed by atoms with E-state index in [1.54, 1.807) is 19.9 Å². The predicted octanol–water partition coefficient (Wildman–Crippen LogP) is 3.28. The maximum Gasteiger partial charge on any atom is 0.338 e. The minimum Gasteiger partial charge on any atom is -0.465 e. The fourth-order valence-electron chi connectivity index (χ4n) is 2.60. The quantitative estimate of drug-likeness (QED) is 0.451. The number of nitrogens with one attached hydrogen (secondary N) is 1. The van der Waals surface area contributed by atoms with Gasteiger partial charge in [0, 0.05) is 24.1 Å². The van der Waals surface area contributed by atoms with Gasteiger partial charge in [0.15, 0.2) is 5.82 Å². The van der Waals surface area contributed by atoms with Crippen LogP contribution in [0.3, 0.4) is 0 Å². The highest BCUT2D eigenvalue weighted by molar-refractivity contribution is 8.08. The van der Waals surface area contributed by atoms with Gasteiger partial charge in [-0.15, -0.1) is 8.81 Å². The van der Waals surface area contributed by atoms with E-state index in [0.29, 0.717) is 11.4 Å². The van der Waals surface area contributed by atoms with Crippen LogP contribution in [0.15, 0.2) is 58.6 Å². The lowest BCUT2D eigenvalue weighted by atomic mass is 10.1. The Balaban J connectivity index is 1.88. The summed E-state index contributed by atoms with van der Waals surface area (Å²) in [4.78, 5) is 16.3. The zero-order valence-corrected chi connectivity index (χ0v) is 17.8. The van der Waals surface area contributed by atoms with E-state index in [9.17, 15) is 13.2 Å². The molecule has 8 nitrogen and oxygen atoms in total. The van der Waals surface area contributed by atoms with Crippen LogP contribution in [-0.2, 0) is 14.8 Å². The van der Waals surface area contributed by atoms with Gasteiger partial charge in [-0.2, -0.15) is 0 Å². The molecule has 1 aromatic heterocycles. The van der Waals surface area contributed by atoms with Crippen molar-refractivity contribution in [3.8, 4) is 11.4 Å². The summed E-state index contributed by atoms with van der Waals surface area (Å²) in [6.45, 7) is 3.61. The van der Waals surface area contributed by atoms with Crippen molar-refractivity contribution >= 4 is 27.9 Å². The van der Waals surface area contributed by atoms with Gasteiger partial charge in [-0.3, -0.25) is 5.10 Å². The second-order valence-corrected chi connectivity index (χ2v) is 9.10. The van der Waals surface area contributed by atoms with Crippen molar-refractivity contribution in [2.45, 2.75) is 23.9 Å². The second kappa shape index (κ2) is 8.76. The maximum absolute atomic E-state index is 13.1. The molecule has 0 fully saturated rings. The van der Waals surface area contributed by atoms with E-state index in [0.717, 1.165) is 17.5 Å². The Bertz CT molecular complexity index is 1110. The summed E-state index contributed by atoms with van der Waals surface area (Å²) in [6.07, 6.45) is 0. The SMILES string of the molecule is CCN(Sc1n[nH]c(-c2ccccc2)n1)S(=O)(=O)c1ccc(C)c(C(=O)OC)c1. The summed E-state index contributed by atoms with van der Waals surface area (Å²) < 4.78 is 32.1. The zero-order chi connectivity index (χ0) is 21.0. The van der Waals surface area contributed by atoms with Crippen LogP contribution in [0.2, 0.25) is 0 Å². The number of hydrogen-bond donors (Lipinski definition) is 1. The number of aryl methyl sites for hydroxylation is 1. The van der Waals surface area contributed by atoms with Crippen molar-refractivity contribution in [2.75, 3.05) is 13.7 Å². The first-order valence-corrected chi connectivity index (χ1v) is 11.0. The summed E-state index contributed by atoms with van der Waals surface area (Å²) in [6, 6.07) is 13.8. The first-order valence-electron chi connectivity index (χ1n) is 8.74. The van der Waals surface area contributed by atoms with Crippen molar-refractivity contribution < 1.29 is 17.9 Å². The number of aromatic nitrogens is 3. The predicted molar refractivity (Wildman–Crippen MR) is 110 cm³/mol. The minimum atomic E-state index is -3.89.